The van der Waals surface area contributed by atoms with E-state index in [1.54, 1.807) is 0 Å². The van der Waals surface area contributed by atoms with E-state index >= 15 is 0 Å². The van der Waals surface area contributed by atoms with E-state index in [4.69, 9.17) is 0 Å². The summed E-state index contributed by atoms with van der Waals surface area (Å²) in [4.78, 5) is 18.1. The Balaban J connectivity index is 1.53. The third-order valence-corrected chi connectivity index (χ3v) is 3.70. The Morgan fingerprint density at radius 2 is 2.20 bits per heavy atom. The second-order valence-corrected chi connectivity index (χ2v) is 5.37. The Labute approximate surface area is 118 Å². The third kappa shape index (κ3) is 3.43. The molecule has 2 heterocycles. The molecule has 20 heavy (non-hydrogen) atoms. The Kier molecular flexibility index (Phi) is 4.08. The van der Waals surface area contributed by atoms with Crippen LogP contribution in [-0.4, -0.2) is 42.3 Å². The summed E-state index contributed by atoms with van der Waals surface area (Å²) in [7, 11) is 0. The minimum Gasteiger partial charge on any atom is -0.318 e. The SMILES string of the molecule is O=C1CC(CC2CN(Cc3ccccc3)CCN2)=NO1. The van der Waals surface area contributed by atoms with Gasteiger partial charge in [-0.2, -0.15) is 0 Å². The van der Waals surface area contributed by atoms with Gasteiger partial charge in [-0.25, -0.2) is 4.79 Å². The number of hydrogen-bond acceptors (Lipinski definition) is 5. The first-order valence-electron chi connectivity index (χ1n) is 7.05. The first kappa shape index (κ1) is 13.3. The van der Waals surface area contributed by atoms with Crippen LogP contribution in [0.3, 0.4) is 0 Å². The monoisotopic (exact) mass is 273 g/mol. The number of nitrogens with one attached hydrogen (secondary N) is 1. The fourth-order valence-corrected chi connectivity index (χ4v) is 2.76. The molecule has 1 aromatic rings. The highest BCUT2D eigenvalue weighted by molar-refractivity contribution is 6.02. The lowest BCUT2D eigenvalue weighted by atomic mass is 10.0. The van der Waals surface area contributed by atoms with Gasteiger partial charge in [0.1, 0.15) is 0 Å². The van der Waals surface area contributed by atoms with Crippen LogP contribution in [0, 0.1) is 0 Å². The minimum atomic E-state index is -0.239. The predicted octanol–water partition coefficient (Wildman–Crippen LogP) is 1.15. The van der Waals surface area contributed by atoms with E-state index < -0.39 is 0 Å². The molecule has 3 rings (SSSR count). The second-order valence-electron chi connectivity index (χ2n) is 5.37. The smallest absolute Gasteiger partial charge is 0.318 e. The largest absolute Gasteiger partial charge is 0.340 e. The highest BCUT2D eigenvalue weighted by Gasteiger charge is 2.24. The summed E-state index contributed by atoms with van der Waals surface area (Å²) in [6, 6.07) is 10.9. The zero-order chi connectivity index (χ0) is 13.8. The molecule has 1 N–H and O–H groups in total. The molecule has 0 bridgehead atoms. The van der Waals surface area contributed by atoms with Crippen LogP contribution in [0.1, 0.15) is 18.4 Å². The lowest BCUT2D eigenvalue weighted by Gasteiger charge is -2.33. The molecule has 0 spiro atoms. The number of carbonyl (C=O) groups is 1. The molecule has 0 amide bonds. The number of hydrogen-bond donors (Lipinski definition) is 1. The molecular weight excluding hydrogens is 254 g/mol. The summed E-state index contributed by atoms with van der Waals surface area (Å²) in [6.07, 6.45) is 1.13. The molecule has 0 radical (unpaired) electrons. The van der Waals surface area contributed by atoms with E-state index in [2.05, 4.69) is 44.5 Å². The molecule has 1 saturated heterocycles. The van der Waals surface area contributed by atoms with E-state index in [9.17, 15) is 4.79 Å². The number of piperazine rings is 1. The average Bonchev–Trinajstić information content (AvgIpc) is 2.86. The summed E-state index contributed by atoms with van der Waals surface area (Å²) in [6.45, 7) is 3.97. The van der Waals surface area contributed by atoms with Crippen molar-refractivity contribution < 1.29 is 9.63 Å². The summed E-state index contributed by atoms with van der Waals surface area (Å²) in [5.74, 6) is -0.239. The Morgan fingerprint density at radius 3 is 2.95 bits per heavy atom. The molecule has 5 nitrogen and oxygen atoms in total. The van der Waals surface area contributed by atoms with E-state index in [0.717, 1.165) is 38.3 Å². The van der Waals surface area contributed by atoms with Crippen LogP contribution in [0.2, 0.25) is 0 Å². The van der Waals surface area contributed by atoms with Crippen molar-refractivity contribution in [3.63, 3.8) is 0 Å². The summed E-state index contributed by atoms with van der Waals surface area (Å²) in [5, 5.41) is 7.32. The van der Waals surface area contributed by atoms with Crippen molar-refractivity contribution in [3.05, 3.63) is 35.9 Å². The van der Waals surface area contributed by atoms with Gasteiger partial charge in [0.25, 0.3) is 0 Å². The molecule has 1 unspecified atom stereocenters. The van der Waals surface area contributed by atoms with E-state index in [-0.39, 0.29) is 5.97 Å². The zero-order valence-electron chi connectivity index (χ0n) is 11.4. The van der Waals surface area contributed by atoms with Gasteiger partial charge < -0.3 is 10.2 Å². The summed E-state index contributed by atoms with van der Waals surface area (Å²) < 4.78 is 0. The van der Waals surface area contributed by atoms with E-state index in [1.807, 2.05) is 6.07 Å². The van der Waals surface area contributed by atoms with Gasteiger partial charge in [-0.1, -0.05) is 35.5 Å². The average molecular weight is 273 g/mol. The predicted molar refractivity (Wildman–Crippen MR) is 76.3 cm³/mol. The number of nitrogens with zero attached hydrogens (tertiary/aromatic N) is 2. The van der Waals surface area contributed by atoms with Gasteiger partial charge in [0, 0.05) is 38.6 Å². The van der Waals surface area contributed by atoms with Crippen molar-refractivity contribution in [1.82, 2.24) is 10.2 Å². The van der Waals surface area contributed by atoms with Gasteiger partial charge in [-0.3, -0.25) is 4.90 Å². The molecule has 0 saturated carbocycles. The normalized spacial score (nSPS) is 23.5. The number of benzene rings is 1. The lowest BCUT2D eigenvalue weighted by molar-refractivity contribution is -0.140. The van der Waals surface area contributed by atoms with Crippen LogP contribution in [0.15, 0.2) is 35.5 Å². The lowest BCUT2D eigenvalue weighted by Crippen LogP contribution is -2.50. The highest BCUT2D eigenvalue weighted by Crippen LogP contribution is 2.13. The fourth-order valence-electron chi connectivity index (χ4n) is 2.76. The van der Waals surface area contributed by atoms with Crippen LogP contribution in [-0.2, 0) is 16.2 Å². The van der Waals surface area contributed by atoms with Crippen LogP contribution in [0.5, 0.6) is 0 Å². The third-order valence-electron chi connectivity index (χ3n) is 3.70. The topological polar surface area (TPSA) is 53.9 Å². The Bertz CT molecular complexity index is 501. The minimum absolute atomic E-state index is 0.239. The van der Waals surface area contributed by atoms with E-state index in [1.165, 1.54) is 5.56 Å². The van der Waals surface area contributed by atoms with Gasteiger partial charge in [0.05, 0.1) is 12.1 Å². The maximum Gasteiger partial charge on any atom is 0.340 e. The van der Waals surface area contributed by atoms with Gasteiger partial charge in [-0.15, -0.1) is 0 Å². The molecule has 2 aliphatic rings. The molecule has 1 atom stereocenters. The molecule has 2 aliphatic heterocycles. The number of oxime groups is 1. The zero-order valence-corrected chi connectivity index (χ0v) is 11.4. The first-order chi connectivity index (χ1) is 9.79. The Hall–Kier alpha value is -1.72. The van der Waals surface area contributed by atoms with Gasteiger partial charge >= 0.3 is 5.97 Å². The first-order valence-corrected chi connectivity index (χ1v) is 7.05. The molecule has 1 fully saturated rings. The quantitative estimate of drug-likeness (QED) is 0.836. The van der Waals surface area contributed by atoms with Crippen molar-refractivity contribution >= 4 is 11.7 Å². The molecule has 106 valence electrons. The second kappa shape index (κ2) is 6.15. The maximum absolute atomic E-state index is 11.0. The van der Waals surface area contributed by atoms with Crippen molar-refractivity contribution in [3.8, 4) is 0 Å². The van der Waals surface area contributed by atoms with Gasteiger partial charge in [0.2, 0.25) is 0 Å². The summed E-state index contributed by atoms with van der Waals surface area (Å²) >= 11 is 0. The Morgan fingerprint density at radius 1 is 1.35 bits per heavy atom. The van der Waals surface area contributed by atoms with Crippen molar-refractivity contribution in [2.45, 2.75) is 25.4 Å². The van der Waals surface area contributed by atoms with E-state index in [0.29, 0.717) is 12.5 Å². The molecule has 0 aromatic heterocycles. The van der Waals surface area contributed by atoms with Gasteiger partial charge in [0.15, 0.2) is 0 Å². The maximum atomic E-state index is 11.0. The van der Waals surface area contributed by atoms with Crippen molar-refractivity contribution in [2.75, 3.05) is 19.6 Å². The summed E-state index contributed by atoms with van der Waals surface area (Å²) in [5.41, 5.74) is 2.19. The standard InChI is InChI=1S/C15H19N3O2/c19-15-9-13(17-20-15)8-14-11-18(7-6-16-14)10-12-4-2-1-3-5-12/h1-5,14,16H,6-11H2. The molecule has 1 aromatic carbocycles. The highest BCUT2D eigenvalue weighted by atomic mass is 16.7. The van der Waals surface area contributed by atoms with Gasteiger partial charge in [-0.05, 0) is 5.56 Å². The van der Waals surface area contributed by atoms with Crippen LogP contribution in [0.4, 0.5) is 0 Å². The van der Waals surface area contributed by atoms with Crippen LogP contribution < -0.4 is 5.32 Å². The molecular formula is C15H19N3O2. The van der Waals surface area contributed by atoms with Crippen molar-refractivity contribution in [2.24, 2.45) is 5.16 Å². The van der Waals surface area contributed by atoms with Crippen molar-refractivity contribution in [1.29, 1.82) is 0 Å². The van der Waals surface area contributed by atoms with Crippen LogP contribution >= 0.6 is 0 Å². The number of carbonyl (C=O) groups excluding carboxylic acids is 1. The fraction of sp³-hybridized carbons (Fsp3) is 0.467. The molecule has 5 heteroatoms. The number of rotatable bonds is 4. The van der Waals surface area contributed by atoms with Crippen LogP contribution in [0.25, 0.3) is 0 Å². The molecule has 0 aliphatic carbocycles.